The fourth-order valence-corrected chi connectivity index (χ4v) is 5.25. The van der Waals surface area contributed by atoms with Crippen molar-refractivity contribution < 1.29 is 0 Å². The van der Waals surface area contributed by atoms with E-state index < -0.39 is 0 Å². The highest BCUT2D eigenvalue weighted by atomic mass is 15.3. The quantitative estimate of drug-likeness (QED) is 0.704. The number of para-hydroxylation sites is 1. The maximum absolute atomic E-state index is 3.81. The highest BCUT2D eigenvalue weighted by Gasteiger charge is 2.34. The van der Waals surface area contributed by atoms with E-state index in [-0.39, 0.29) is 0 Å². The average Bonchev–Trinajstić information content (AvgIpc) is 3.25. The van der Waals surface area contributed by atoms with Gasteiger partial charge in [-0.1, -0.05) is 42.5 Å². The number of aromatic amines is 1. The number of rotatable bonds is 1. The molecule has 0 saturated carbocycles. The molecule has 3 nitrogen and oxygen atoms in total. The first-order valence-electron chi connectivity index (χ1n) is 9.74. The van der Waals surface area contributed by atoms with Crippen molar-refractivity contribution in [1.29, 1.82) is 0 Å². The van der Waals surface area contributed by atoms with E-state index in [1.54, 1.807) is 11.1 Å². The molecule has 1 aromatic heterocycles. The minimum Gasteiger partial charge on any atom is -0.357 e. The lowest BCUT2D eigenvalue weighted by atomic mass is 9.96. The lowest BCUT2D eigenvalue weighted by molar-refractivity contribution is 0.168. The van der Waals surface area contributed by atoms with E-state index in [0.29, 0.717) is 6.17 Å². The molecule has 26 heavy (non-hydrogen) atoms. The number of nitrogens with one attached hydrogen (secondary N) is 2. The van der Waals surface area contributed by atoms with Gasteiger partial charge in [0.15, 0.2) is 0 Å². The zero-order valence-electron chi connectivity index (χ0n) is 14.9. The van der Waals surface area contributed by atoms with Crippen molar-refractivity contribution in [2.45, 2.75) is 32.0 Å². The van der Waals surface area contributed by atoms with Gasteiger partial charge < -0.3 is 4.98 Å². The van der Waals surface area contributed by atoms with Crippen molar-refractivity contribution in [2.75, 3.05) is 13.1 Å². The summed E-state index contributed by atoms with van der Waals surface area (Å²) in [7, 11) is 0. The van der Waals surface area contributed by atoms with E-state index in [9.17, 15) is 0 Å². The number of H-pyrrole nitrogens is 1. The van der Waals surface area contributed by atoms with Crippen LogP contribution in [0.2, 0.25) is 0 Å². The van der Waals surface area contributed by atoms with Gasteiger partial charge in [0, 0.05) is 36.2 Å². The highest BCUT2D eigenvalue weighted by Crippen LogP contribution is 2.40. The number of benzene rings is 2. The SMILES string of the molecule is c1ccc2c(c1)CC1=C2CCNC1N1CCc2c([nH]c3ccccc23)C1. The molecule has 3 aromatic rings. The van der Waals surface area contributed by atoms with E-state index in [1.165, 1.54) is 33.3 Å². The van der Waals surface area contributed by atoms with Gasteiger partial charge in [-0.05, 0) is 53.2 Å². The molecule has 0 bridgehead atoms. The van der Waals surface area contributed by atoms with Gasteiger partial charge in [-0.2, -0.15) is 0 Å². The Kier molecular flexibility index (Phi) is 3.16. The first-order chi connectivity index (χ1) is 12.9. The van der Waals surface area contributed by atoms with Crippen LogP contribution in [-0.4, -0.2) is 29.1 Å². The molecular formula is C23H23N3. The standard InChI is InChI=1S/C23H23N3/c1-2-6-16-15(5-1)13-20-17(16)9-11-24-23(20)26-12-10-19-18-7-3-4-8-21(18)25-22(19)14-26/h1-8,23-25H,9-14H2. The zero-order chi connectivity index (χ0) is 17.1. The van der Waals surface area contributed by atoms with E-state index in [1.807, 2.05) is 0 Å². The van der Waals surface area contributed by atoms with Crippen LogP contribution in [0.5, 0.6) is 0 Å². The smallest absolute Gasteiger partial charge is 0.0832 e. The van der Waals surface area contributed by atoms with E-state index in [2.05, 4.69) is 63.7 Å². The summed E-state index contributed by atoms with van der Waals surface area (Å²) in [5.74, 6) is 0. The number of fused-ring (bicyclic) bond motifs is 5. The fraction of sp³-hybridized carbons (Fsp3) is 0.304. The van der Waals surface area contributed by atoms with Gasteiger partial charge in [-0.25, -0.2) is 0 Å². The lowest BCUT2D eigenvalue weighted by Crippen LogP contribution is -2.51. The van der Waals surface area contributed by atoms with Crippen molar-refractivity contribution in [3.8, 4) is 0 Å². The van der Waals surface area contributed by atoms with Crippen LogP contribution >= 0.6 is 0 Å². The maximum atomic E-state index is 3.81. The normalized spacial score (nSPS) is 22.4. The molecule has 0 spiro atoms. The summed E-state index contributed by atoms with van der Waals surface area (Å²) in [5, 5.41) is 5.22. The topological polar surface area (TPSA) is 31.1 Å². The zero-order valence-corrected chi connectivity index (χ0v) is 14.9. The Labute approximate surface area is 153 Å². The summed E-state index contributed by atoms with van der Waals surface area (Å²) in [6.07, 6.45) is 3.78. The Morgan fingerprint density at radius 2 is 1.85 bits per heavy atom. The summed E-state index contributed by atoms with van der Waals surface area (Å²) < 4.78 is 0. The number of nitrogens with zero attached hydrogens (tertiary/aromatic N) is 1. The van der Waals surface area contributed by atoms with Gasteiger partial charge in [-0.3, -0.25) is 10.2 Å². The molecule has 0 fully saturated rings. The molecule has 2 aliphatic heterocycles. The van der Waals surface area contributed by atoms with Crippen LogP contribution in [0.15, 0.2) is 54.1 Å². The Morgan fingerprint density at radius 1 is 0.962 bits per heavy atom. The molecular weight excluding hydrogens is 318 g/mol. The van der Waals surface area contributed by atoms with Gasteiger partial charge in [0.1, 0.15) is 0 Å². The first-order valence-corrected chi connectivity index (χ1v) is 9.74. The molecule has 3 heterocycles. The minimum absolute atomic E-state index is 0.380. The molecule has 3 heteroatoms. The second kappa shape index (κ2) is 5.57. The Hall–Kier alpha value is -2.36. The third-order valence-corrected chi connectivity index (χ3v) is 6.43. The molecule has 130 valence electrons. The van der Waals surface area contributed by atoms with Crippen LogP contribution in [0.4, 0.5) is 0 Å². The first kappa shape index (κ1) is 14.8. The fourth-order valence-electron chi connectivity index (χ4n) is 5.25. The van der Waals surface area contributed by atoms with E-state index in [0.717, 1.165) is 38.9 Å². The highest BCUT2D eigenvalue weighted by molar-refractivity contribution is 5.85. The molecule has 6 rings (SSSR count). The maximum Gasteiger partial charge on any atom is 0.0832 e. The van der Waals surface area contributed by atoms with Crippen LogP contribution < -0.4 is 5.32 Å². The van der Waals surface area contributed by atoms with Crippen molar-refractivity contribution in [1.82, 2.24) is 15.2 Å². The Bertz CT molecular complexity index is 1040. The third kappa shape index (κ3) is 2.08. The molecule has 1 atom stereocenters. The second-order valence-corrected chi connectivity index (χ2v) is 7.79. The Morgan fingerprint density at radius 3 is 2.85 bits per heavy atom. The summed E-state index contributed by atoms with van der Waals surface area (Å²) in [6, 6.07) is 17.7. The summed E-state index contributed by atoms with van der Waals surface area (Å²) in [6.45, 7) is 3.21. The van der Waals surface area contributed by atoms with Crippen LogP contribution in [0, 0.1) is 0 Å². The van der Waals surface area contributed by atoms with Crippen molar-refractivity contribution in [3.63, 3.8) is 0 Å². The summed E-state index contributed by atoms with van der Waals surface area (Å²) in [4.78, 5) is 6.31. The van der Waals surface area contributed by atoms with Crippen LogP contribution in [0.1, 0.15) is 28.8 Å². The largest absolute Gasteiger partial charge is 0.357 e. The van der Waals surface area contributed by atoms with Gasteiger partial charge in [0.2, 0.25) is 0 Å². The van der Waals surface area contributed by atoms with Crippen LogP contribution in [0.25, 0.3) is 16.5 Å². The lowest BCUT2D eigenvalue weighted by Gasteiger charge is -2.38. The third-order valence-electron chi connectivity index (χ3n) is 6.43. The van der Waals surface area contributed by atoms with E-state index in [4.69, 9.17) is 0 Å². The minimum atomic E-state index is 0.380. The van der Waals surface area contributed by atoms with Crippen molar-refractivity contribution in [2.24, 2.45) is 0 Å². The number of aromatic nitrogens is 1. The predicted octanol–water partition coefficient (Wildman–Crippen LogP) is 3.86. The van der Waals surface area contributed by atoms with Crippen molar-refractivity contribution >= 4 is 16.5 Å². The van der Waals surface area contributed by atoms with E-state index >= 15 is 0 Å². The molecule has 0 radical (unpaired) electrons. The molecule has 0 amide bonds. The summed E-state index contributed by atoms with van der Waals surface area (Å²) >= 11 is 0. The van der Waals surface area contributed by atoms with Gasteiger partial charge in [0.25, 0.3) is 0 Å². The van der Waals surface area contributed by atoms with Gasteiger partial charge in [0.05, 0.1) is 6.17 Å². The monoisotopic (exact) mass is 341 g/mol. The molecule has 1 unspecified atom stereocenters. The molecule has 2 aromatic carbocycles. The number of hydrogen-bond acceptors (Lipinski definition) is 2. The van der Waals surface area contributed by atoms with Crippen molar-refractivity contribution in [3.05, 3.63) is 76.5 Å². The second-order valence-electron chi connectivity index (χ2n) is 7.79. The van der Waals surface area contributed by atoms with Gasteiger partial charge in [-0.15, -0.1) is 0 Å². The molecule has 2 N–H and O–H groups in total. The predicted molar refractivity (Wildman–Crippen MR) is 106 cm³/mol. The summed E-state index contributed by atoms with van der Waals surface area (Å²) in [5.41, 5.74) is 10.4. The van der Waals surface area contributed by atoms with Gasteiger partial charge >= 0.3 is 0 Å². The number of hydrogen-bond donors (Lipinski definition) is 2. The van der Waals surface area contributed by atoms with Crippen LogP contribution in [0.3, 0.4) is 0 Å². The molecule has 0 saturated heterocycles. The Balaban J connectivity index is 1.35. The van der Waals surface area contributed by atoms with Crippen LogP contribution in [-0.2, 0) is 19.4 Å². The average molecular weight is 341 g/mol. The molecule has 1 aliphatic carbocycles. The molecule has 3 aliphatic rings.